The smallest absolute Gasteiger partial charge is 0.166 e. The van der Waals surface area contributed by atoms with Crippen LogP contribution in [0.5, 0.6) is 5.75 Å². The molecule has 106 valence electrons. The first kappa shape index (κ1) is 15.7. The Morgan fingerprint density at radius 3 is 2.53 bits per heavy atom. The summed E-state index contributed by atoms with van der Waals surface area (Å²) in [5.74, 6) is 0.232. The quantitative estimate of drug-likeness (QED) is 0.734. The lowest BCUT2D eigenvalue weighted by Gasteiger charge is -2.22. The fraction of sp³-hybridized carbons (Fsp3) is 0.562. The van der Waals surface area contributed by atoms with E-state index in [4.69, 9.17) is 4.74 Å². The topological polar surface area (TPSA) is 26.3 Å². The van der Waals surface area contributed by atoms with E-state index in [1.54, 1.807) is 0 Å². The molecule has 0 saturated carbocycles. The number of rotatable bonds is 5. The van der Waals surface area contributed by atoms with Crippen LogP contribution in [0.4, 0.5) is 4.39 Å². The van der Waals surface area contributed by atoms with Gasteiger partial charge in [-0.2, -0.15) is 0 Å². The van der Waals surface area contributed by atoms with E-state index in [0.717, 1.165) is 6.42 Å². The van der Waals surface area contributed by atoms with Crippen molar-refractivity contribution >= 4 is 5.78 Å². The molecule has 0 heterocycles. The van der Waals surface area contributed by atoms with Gasteiger partial charge < -0.3 is 4.74 Å². The molecule has 0 aromatic heterocycles. The highest BCUT2D eigenvalue weighted by Crippen LogP contribution is 2.28. The predicted molar refractivity (Wildman–Crippen MR) is 75.1 cm³/mol. The monoisotopic (exact) mass is 266 g/mol. The van der Waals surface area contributed by atoms with Gasteiger partial charge in [-0.15, -0.1) is 0 Å². The van der Waals surface area contributed by atoms with E-state index in [1.165, 1.54) is 25.3 Å². The van der Waals surface area contributed by atoms with E-state index in [-0.39, 0.29) is 17.1 Å². The fourth-order valence-corrected chi connectivity index (χ4v) is 2.44. The van der Waals surface area contributed by atoms with Gasteiger partial charge in [-0.1, -0.05) is 27.7 Å². The van der Waals surface area contributed by atoms with Gasteiger partial charge in [0.15, 0.2) is 5.78 Å². The summed E-state index contributed by atoms with van der Waals surface area (Å²) in [5, 5.41) is 0. The van der Waals surface area contributed by atoms with E-state index < -0.39 is 5.82 Å². The van der Waals surface area contributed by atoms with Gasteiger partial charge in [0.1, 0.15) is 11.6 Å². The van der Waals surface area contributed by atoms with Crippen LogP contribution in [-0.4, -0.2) is 12.9 Å². The number of halogens is 1. The van der Waals surface area contributed by atoms with Gasteiger partial charge in [-0.3, -0.25) is 4.79 Å². The molecule has 1 rings (SSSR count). The Bertz CT molecular complexity index is 447. The Balaban J connectivity index is 2.81. The first-order chi connectivity index (χ1) is 8.73. The standard InChI is InChI=1S/C16H23FO2/c1-11(10-16(2,3)4)8-14(18)13-9-12(17)6-7-15(13)19-5/h6-7,9,11H,8,10H2,1-5H3. The molecule has 0 spiro atoms. The van der Waals surface area contributed by atoms with Gasteiger partial charge in [0, 0.05) is 6.42 Å². The van der Waals surface area contributed by atoms with E-state index in [0.29, 0.717) is 17.7 Å². The molecule has 0 saturated heterocycles. The zero-order valence-corrected chi connectivity index (χ0v) is 12.4. The number of ether oxygens (including phenoxy) is 1. The number of Topliss-reactive ketones (excluding diaryl/α,β-unsaturated/α-hetero) is 1. The summed E-state index contributed by atoms with van der Waals surface area (Å²) < 4.78 is 18.4. The number of methoxy groups -OCH3 is 1. The van der Waals surface area contributed by atoms with E-state index >= 15 is 0 Å². The maximum atomic E-state index is 13.2. The molecule has 0 radical (unpaired) electrons. The Morgan fingerprint density at radius 2 is 2.00 bits per heavy atom. The van der Waals surface area contributed by atoms with Crippen LogP contribution in [0.25, 0.3) is 0 Å². The van der Waals surface area contributed by atoms with Crippen LogP contribution in [0.3, 0.4) is 0 Å². The number of ketones is 1. The van der Waals surface area contributed by atoms with Crippen molar-refractivity contribution in [2.24, 2.45) is 11.3 Å². The van der Waals surface area contributed by atoms with Gasteiger partial charge in [-0.05, 0) is 36.0 Å². The molecule has 2 nitrogen and oxygen atoms in total. The second-order valence-corrected chi connectivity index (χ2v) is 6.34. The zero-order valence-electron chi connectivity index (χ0n) is 12.4. The lowest BCUT2D eigenvalue weighted by molar-refractivity contribution is 0.0951. The van der Waals surface area contributed by atoms with Crippen molar-refractivity contribution in [2.75, 3.05) is 7.11 Å². The summed E-state index contributed by atoms with van der Waals surface area (Å²) in [5.41, 5.74) is 0.523. The molecule has 19 heavy (non-hydrogen) atoms. The first-order valence-corrected chi connectivity index (χ1v) is 6.59. The van der Waals surface area contributed by atoms with Gasteiger partial charge >= 0.3 is 0 Å². The SMILES string of the molecule is COc1ccc(F)cc1C(=O)CC(C)CC(C)(C)C. The van der Waals surface area contributed by atoms with Crippen LogP contribution in [0.15, 0.2) is 18.2 Å². The zero-order chi connectivity index (χ0) is 14.6. The van der Waals surface area contributed by atoms with E-state index in [2.05, 4.69) is 27.7 Å². The molecule has 3 heteroatoms. The third-order valence-corrected chi connectivity index (χ3v) is 2.96. The van der Waals surface area contributed by atoms with Crippen molar-refractivity contribution < 1.29 is 13.9 Å². The molecule has 0 N–H and O–H groups in total. The van der Waals surface area contributed by atoms with Crippen LogP contribution in [0, 0.1) is 17.2 Å². The van der Waals surface area contributed by atoms with Crippen molar-refractivity contribution in [1.29, 1.82) is 0 Å². The number of benzene rings is 1. The highest BCUT2D eigenvalue weighted by Gasteiger charge is 2.20. The van der Waals surface area contributed by atoms with E-state index in [1.807, 2.05) is 0 Å². The van der Waals surface area contributed by atoms with Crippen LogP contribution < -0.4 is 4.74 Å². The minimum absolute atomic E-state index is 0.0619. The Hall–Kier alpha value is -1.38. The van der Waals surface area contributed by atoms with Gasteiger partial charge in [0.05, 0.1) is 12.7 Å². The van der Waals surface area contributed by atoms with Gasteiger partial charge in [0.25, 0.3) is 0 Å². The first-order valence-electron chi connectivity index (χ1n) is 6.59. The number of carbonyl (C=O) groups excluding carboxylic acids is 1. The molecule has 0 aliphatic rings. The molecule has 0 aliphatic heterocycles. The van der Waals surface area contributed by atoms with Gasteiger partial charge in [-0.25, -0.2) is 4.39 Å². The van der Waals surface area contributed by atoms with Crippen molar-refractivity contribution in [3.8, 4) is 5.75 Å². The predicted octanol–water partition coefficient (Wildman–Crippen LogP) is 4.48. The summed E-state index contributed by atoms with van der Waals surface area (Å²) >= 11 is 0. The Labute approximate surface area is 115 Å². The highest BCUT2D eigenvalue weighted by molar-refractivity contribution is 5.98. The molecular formula is C16H23FO2. The minimum atomic E-state index is -0.410. The molecule has 0 bridgehead atoms. The molecule has 1 unspecified atom stereocenters. The van der Waals surface area contributed by atoms with Crippen LogP contribution in [0.1, 0.15) is 50.9 Å². The Morgan fingerprint density at radius 1 is 1.37 bits per heavy atom. The molecular weight excluding hydrogens is 243 g/mol. The fourth-order valence-electron chi connectivity index (χ4n) is 2.44. The number of carbonyl (C=O) groups is 1. The average Bonchev–Trinajstić information content (AvgIpc) is 2.26. The maximum absolute atomic E-state index is 13.2. The number of hydrogen-bond donors (Lipinski definition) is 0. The van der Waals surface area contributed by atoms with Gasteiger partial charge in [0.2, 0.25) is 0 Å². The molecule has 0 aliphatic carbocycles. The summed E-state index contributed by atoms with van der Waals surface area (Å²) in [6.45, 7) is 8.50. The molecule has 0 amide bonds. The van der Waals surface area contributed by atoms with E-state index in [9.17, 15) is 9.18 Å². The van der Waals surface area contributed by atoms with Crippen molar-refractivity contribution in [3.63, 3.8) is 0 Å². The lowest BCUT2D eigenvalue weighted by Crippen LogP contribution is -2.15. The third kappa shape index (κ3) is 5.01. The molecule has 1 aromatic rings. The third-order valence-electron chi connectivity index (χ3n) is 2.96. The normalized spacial score (nSPS) is 13.2. The molecule has 1 atom stereocenters. The number of hydrogen-bond acceptors (Lipinski definition) is 2. The van der Waals surface area contributed by atoms with Crippen LogP contribution in [-0.2, 0) is 0 Å². The summed E-state index contributed by atoms with van der Waals surface area (Å²) in [4.78, 5) is 12.2. The second-order valence-electron chi connectivity index (χ2n) is 6.34. The highest BCUT2D eigenvalue weighted by atomic mass is 19.1. The van der Waals surface area contributed by atoms with Crippen molar-refractivity contribution in [3.05, 3.63) is 29.6 Å². The van der Waals surface area contributed by atoms with Crippen LogP contribution in [0.2, 0.25) is 0 Å². The summed E-state index contributed by atoms with van der Waals surface area (Å²) in [7, 11) is 1.49. The summed E-state index contributed by atoms with van der Waals surface area (Å²) in [6, 6.07) is 4.05. The minimum Gasteiger partial charge on any atom is -0.496 e. The van der Waals surface area contributed by atoms with Crippen molar-refractivity contribution in [1.82, 2.24) is 0 Å². The largest absolute Gasteiger partial charge is 0.496 e. The molecule has 0 fully saturated rings. The average molecular weight is 266 g/mol. The summed E-state index contributed by atoms with van der Waals surface area (Å²) in [6.07, 6.45) is 1.37. The molecule has 1 aromatic carbocycles. The second kappa shape index (κ2) is 6.18. The lowest BCUT2D eigenvalue weighted by atomic mass is 9.83. The van der Waals surface area contributed by atoms with Crippen molar-refractivity contribution in [2.45, 2.75) is 40.5 Å². The Kier molecular flexibility index (Phi) is 5.10. The van der Waals surface area contributed by atoms with Crippen LogP contribution >= 0.6 is 0 Å². The maximum Gasteiger partial charge on any atom is 0.166 e.